The number of fused-ring (bicyclic) bond motifs is 2. The molecule has 0 aliphatic carbocycles. The zero-order valence-electron chi connectivity index (χ0n) is 17.7. The van der Waals surface area contributed by atoms with Crippen molar-refractivity contribution in [3.63, 3.8) is 0 Å². The van der Waals surface area contributed by atoms with Crippen molar-refractivity contribution >= 4 is 33.7 Å². The molecule has 2 heterocycles. The van der Waals surface area contributed by atoms with Gasteiger partial charge in [0.2, 0.25) is 0 Å². The molecule has 8 nitrogen and oxygen atoms in total. The van der Waals surface area contributed by atoms with Crippen LogP contribution >= 0.6 is 0 Å². The van der Waals surface area contributed by atoms with Crippen molar-refractivity contribution in [2.45, 2.75) is 20.8 Å². The second-order valence-electron chi connectivity index (χ2n) is 6.92. The van der Waals surface area contributed by atoms with Crippen LogP contribution in [0.5, 0.6) is 11.5 Å². The summed E-state index contributed by atoms with van der Waals surface area (Å²) in [4.78, 5) is 28.9. The highest BCUT2D eigenvalue weighted by molar-refractivity contribution is 5.99. The van der Waals surface area contributed by atoms with E-state index in [0.29, 0.717) is 18.0 Å². The van der Waals surface area contributed by atoms with Gasteiger partial charge in [0.05, 0.1) is 13.7 Å². The van der Waals surface area contributed by atoms with Crippen LogP contribution in [0.1, 0.15) is 39.0 Å². The van der Waals surface area contributed by atoms with E-state index in [-0.39, 0.29) is 17.5 Å². The number of H-pyrrole nitrogens is 2. The average molecular weight is 424 g/mol. The molecule has 162 valence electrons. The van der Waals surface area contributed by atoms with Gasteiger partial charge < -0.3 is 29.7 Å². The molecule has 4 rings (SSSR count). The maximum absolute atomic E-state index is 11.6. The van der Waals surface area contributed by atoms with Crippen LogP contribution in [-0.2, 0) is 9.47 Å². The molecule has 8 heteroatoms. The van der Waals surface area contributed by atoms with Crippen LogP contribution in [0.25, 0.3) is 21.8 Å². The number of aromatic amines is 2. The maximum atomic E-state index is 11.6. The van der Waals surface area contributed by atoms with E-state index in [9.17, 15) is 19.8 Å². The summed E-state index contributed by atoms with van der Waals surface area (Å²) in [6.07, 6.45) is 0. The van der Waals surface area contributed by atoms with Crippen molar-refractivity contribution in [3.05, 3.63) is 58.9 Å². The number of aromatic hydroxyl groups is 2. The van der Waals surface area contributed by atoms with E-state index in [2.05, 4.69) is 14.7 Å². The average Bonchev–Trinajstić information content (AvgIpc) is 3.25. The third-order valence-corrected chi connectivity index (χ3v) is 4.95. The Labute approximate surface area is 178 Å². The Hall–Kier alpha value is -3.94. The molecule has 2 aromatic heterocycles. The lowest BCUT2D eigenvalue weighted by atomic mass is 10.1. The number of esters is 2. The smallest absolute Gasteiger partial charge is 0.355 e. The molecule has 4 aromatic rings. The van der Waals surface area contributed by atoms with Gasteiger partial charge in [-0.3, -0.25) is 0 Å². The van der Waals surface area contributed by atoms with Gasteiger partial charge in [0.15, 0.2) is 0 Å². The number of hydrogen-bond acceptors (Lipinski definition) is 6. The normalized spacial score (nSPS) is 10.6. The zero-order valence-corrected chi connectivity index (χ0v) is 17.7. The number of carbonyl (C=O) groups excluding carboxylic acids is 2. The van der Waals surface area contributed by atoms with Gasteiger partial charge in [0.1, 0.15) is 22.9 Å². The Kier molecular flexibility index (Phi) is 6.20. The van der Waals surface area contributed by atoms with Crippen molar-refractivity contribution < 1.29 is 29.3 Å². The first-order valence-electron chi connectivity index (χ1n) is 9.64. The number of aromatic nitrogens is 2. The van der Waals surface area contributed by atoms with Crippen LogP contribution in [0.4, 0.5) is 0 Å². The summed E-state index contributed by atoms with van der Waals surface area (Å²) in [5, 5.41) is 20.4. The van der Waals surface area contributed by atoms with Gasteiger partial charge >= 0.3 is 11.9 Å². The number of phenols is 2. The molecule has 31 heavy (non-hydrogen) atoms. The summed E-state index contributed by atoms with van der Waals surface area (Å²) in [5.41, 5.74) is 4.08. The fourth-order valence-electron chi connectivity index (χ4n) is 3.34. The van der Waals surface area contributed by atoms with Gasteiger partial charge in [-0.25, -0.2) is 9.59 Å². The first-order valence-corrected chi connectivity index (χ1v) is 9.64. The van der Waals surface area contributed by atoms with Gasteiger partial charge in [-0.1, -0.05) is 0 Å². The van der Waals surface area contributed by atoms with Crippen molar-refractivity contribution in [2.24, 2.45) is 0 Å². The topological polar surface area (TPSA) is 125 Å². The van der Waals surface area contributed by atoms with E-state index in [1.807, 2.05) is 13.8 Å². The standard InChI is InChI=1S/C12H13NO3.C11H11NO3/c1-3-16-12(15)11-7(2)9-6-8(14)4-5-10(9)13-11;1-6-8-5-7(13)3-4-9(8)12-10(6)11(14)15-2/h4-6,13-14H,3H2,1-2H3;3-5,12-13H,1-2H3. The first kappa shape index (κ1) is 21.8. The monoisotopic (exact) mass is 424 g/mol. The third kappa shape index (κ3) is 4.32. The van der Waals surface area contributed by atoms with E-state index < -0.39 is 5.97 Å². The van der Waals surface area contributed by atoms with Crippen molar-refractivity contribution in [2.75, 3.05) is 13.7 Å². The Morgan fingerprint density at radius 3 is 1.71 bits per heavy atom. The number of hydrogen-bond donors (Lipinski definition) is 4. The van der Waals surface area contributed by atoms with Gasteiger partial charge in [0.25, 0.3) is 0 Å². The molecule has 0 bridgehead atoms. The SMILES string of the molecule is CCOC(=O)c1[nH]c2ccc(O)cc2c1C.COC(=O)c1[nH]c2ccc(O)cc2c1C. The fourth-order valence-corrected chi connectivity index (χ4v) is 3.34. The molecule has 0 amide bonds. The van der Waals surface area contributed by atoms with Gasteiger partial charge in [-0.2, -0.15) is 0 Å². The van der Waals surface area contributed by atoms with Crippen LogP contribution in [0.2, 0.25) is 0 Å². The molecule has 0 atom stereocenters. The highest BCUT2D eigenvalue weighted by atomic mass is 16.5. The van der Waals surface area contributed by atoms with E-state index >= 15 is 0 Å². The highest BCUT2D eigenvalue weighted by Crippen LogP contribution is 2.26. The highest BCUT2D eigenvalue weighted by Gasteiger charge is 2.16. The van der Waals surface area contributed by atoms with E-state index in [1.54, 1.807) is 43.3 Å². The van der Waals surface area contributed by atoms with Crippen molar-refractivity contribution in [1.82, 2.24) is 9.97 Å². The van der Waals surface area contributed by atoms with Gasteiger partial charge in [-0.15, -0.1) is 0 Å². The lowest BCUT2D eigenvalue weighted by Crippen LogP contribution is -2.06. The molecule has 0 aliphatic heterocycles. The molecule has 0 aliphatic rings. The molecule has 0 radical (unpaired) electrons. The van der Waals surface area contributed by atoms with Crippen LogP contribution in [-0.4, -0.2) is 45.8 Å². The minimum Gasteiger partial charge on any atom is -0.508 e. The second kappa shape index (κ2) is 8.83. The summed E-state index contributed by atoms with van der Waals surface area (Å²) in [5.74, 6) is -0.398. The molecule has 0 spiro atoms. The van der Waals surface area contributed by atoms with E-state index in [4.69, 9.17) is 4.74 Å². The first-order chi connectivity index (χ1) is 14.8. The molecular formula is C23H24N2O6. The number of phenolic OH excluding ortho intramolecular Hbond substituents is 2. The van der Waals surface area contributed by atoms with Crippen LogP contribution in [0.15, 0.2) is 36.4 Å². The number of ether oxygens (including phenoxy) is 2. The zero-order chi connectivity index (χ0) is 22.7. The number of methoxy groups -OCH3 is 1. The molecule has 0 saturated heterocycles. The summed E-state index contributed by atoms with van der Waals surface area (Å²) in [6, 6.07) is 9.86. The van der Waals surface area contributed by atoms with Gasteiger partial charge in [0, 0.05) is 21.8 Å². The quantitative estimate of drug-likeness (QED) is 0.363. The summed E-state index contributed by atoms with van der Waals surface area (Å²) < 4.78 is 9.58. The minimum absolute atomic E-state index is 0.181. The molecule has 2 aromatic carbocycles. The second-order valence-corrected chi connectivity index (χ2v) is 6.92. The molecule has 4 N–H and O–H groups in total. The van der Waals surface area contributed by atoms with Crippen LogP contribution in [0, 0.1) is 13.8 Å². The lowest BCUT2D eigenvalue weighted by molar-refractivity contribution is 0.0518. The lowest BCUT2D eigenvalue weighted by Gasteiger charge is -1.99. The summed E-state index contributed by atoms with van der Waals surface area (Å²) in [7, 11) is 1.34. The Morgan fingerprint density at radius 2 is 1.29 bits per heavy atom. The van der Waals surface area contributed by atoms with E-state index in [1.165, 1.54) is 7.11 Å². The Balaban J connectivity index is 0.000000176. The number of rotatable bonds is 3. The predicted octanol–water partition coefficient (Wildman–Crippen LogP) is 4.33. The number of nitrogens with one attached hydrogen (secondary N) is 2. The molecule has 0 unspecified atom stereocenters. The molecule has 0 saturated carbocycles. The summed E-state index contributed by atoms with van der Waals surface area (Å²) in [6.45, 7) is 5.75. The van der Waals surface area contributed by atoms with Crippen molar-refractivity contribution in [1.29, 1.82) is 0 Å². The largest absolute Gasteiger partial charge is 0.508 e. The Bertz CT molecular complexity index is 1270. The van der Waals surface area contributed by atoms with Gasteiger partial charge in [-0.05, 0) is 68.3 Å². The maximum Gasteiger partial charge on any atom is 0.355 e. The van der Waals surface area contributed by atoms with Crippen LogP contribution in [0.3, 0.4) is 0 Å². The number of benzene rings is 2. The predicted molar refractivity (Wildman–Crippen MR) is 117 cm³/mol. The number of carbonyl (C=O) groups is 2. The summed E-state index contributed by atoms with van der Waals surface area (Å²) >= 11 is 0. The third-order valence-electron chi connectivity index (χ3n) is 4.95. The Morgan fingerprint density at radius 1 is 0.839 bits per heavy atom. The fraction of sp³-hybridized carbons (Fsp3) is 0.217. The van der Waals surface area contributed by atoms with E-state index in [0.717, 1.165) is 32.9 Å². The van der Waals surface area contributed by atoms with Crippen molar-refractivity contribution in [3.8, 4) is 11.5 Å². The molecular weight excluding hydrogens is 400 g/mol. The minimum atomic E-state index is -0.400. The van der Waals surface area contributed by atoms with Crippen LogP contribution < -0.4 is 0 Å². The molecule has 0 fully saturated rings. The number of aryl methyl sites for hydroxylation is 2.